The van der Waals surface area contributed by atoms with Gasteiger partial charge < -0.3 is 15.4 Å². The van der Waals surface area contributed by atoms with Gasteiger partial charge in [0.25, 0.3) is 0 Å². The number of nitrogens with two attached hydrogens (primary N) is 1. The summed E-state index contributed by atoms with van der Waals surface area (Å²) in [5.74, 6) is 0.0945. The van der Waals surface area contributed by atoms with Crippen LogP contribution in [-0.4, -0.2) is 32.1 Å². The Morgan fingerprint density at radius 1 is 1.56 bits per heavy atom. The molecule has 0 bridgehead atoms. The molecule has 4 nitrogen and oxygen atoms in total. The molecule has 1 aliphatic rings. The van der Waals surface area contributed by atoms with E-state index in [0.717, 1.165) is 28.9 Å². The molecule has 1 saturated carbocycles. The van der Waals surface area contributed by atoms with Crippen LogP contribution in [-0.2, 0) is 4.74 Å². The number of nitrogens with one attached hydrogen (secondary N) is 1. The fourth-order valence-corrected chi connectivity index (χ4v) is 2.59. The monoisotopic (exact) mass is 311 g/mol. The quantitative estimate of drug-likeness (QED) is 0.626. The minimum atomic E-state index is 0.0945. The summed E-state index contributed by atoms with van der Waals surface area (Å²) >= 11 is 3.57. The molecule has 1 fully saturated rings. The molecule has 0 heterocycles. The van der Waals surface area contributed by atoms with Crippen LogP contribution in [0.25, 0.3) is 0 Å². The first-order chi connectivity index (χ1) is 8.63. The van der Waals surface area contributed by atoms with Crippen molar-refractivity contribution in [1.82, 2.24) is 0 Å². The van der Waals surface area contributed by atoms with E-state index in [1.165, 1.54) is 12.8 Å². The van der Waals surface area contributed by atoms with Gasteiger partial charge in [-0.25, -0.2) is 0 Å². The maximum atomic E-state index is 7.44. The summed E-state index contributed by atoms with van der Waals surface area (Å²) in [6.45, 7) is 1.61. The largest absolute Gasteiger partial charge is 0.384 e. The Morgan fingerprint density at radius 3 is 2.78 bits per heavy atom. The van der Waals surface area contributed by atoms with Crippen molar-refractivity contribution in [1.29, 1.82) is 5.41 Å². The first-order valence-electron chi connectivity index (χ1n) is 6.03. The molecule has 1 aliphatic carbocycles. The molecule has 0 saturated heterocycles. The number of benzene rings is 1. The minimum Gasteiger partial charge on any atom is -0.384 e. The number of ether oxygens (including phenoxy) is 1. The zero-order valence-electron chi connectivity index (χ0n) is 10.4. The van der Waals surface area contributed by atoms with E-state index in [1.54, 1.807) is 7.11 Å². The van der Waals surface area contributed by atoms with E-state index in [4.69, 9.17) is 15.9 Å². The second kappa shape index (κ2) is 5.71. The van der Waals surface area contributed by atoms with E-state index in [-0.39, 0.29) is 5.84 Å². The fraction of sp³-hybridized carbons (Fsp3) is 0.462. The Labute approximate surface area is 116 Å². The molecule has 1 aromatic rings. The highest BCUT2D eigenvalue weighted by atomic mass is 79.9. The smallest absolute Gasteiger partial charge is 0.122 e. The van der Waals surface area contributed by atoms with Crippen LogP contribution in [0.15, 0.2) is 22.7 Å². The van der Waals surface area contributed by atoms with Crippen LogP contribution in [0.3, 0.4) is 0 Å². The molecule has 0 aliphatic heterocycles. The van der Waals surface area contributed by atoms with Crippen molar-refractivity contribution >= 4 is 27.5 Å². The van der Waals surface area contributed by atoms with Crippen molar-refractivity contribution in [2.45, 2.75) is 18.9 Å². The van der Waals surface area contributed by atoms with Crippen LogP contribution in [0.4, 0.5) is 5.69 Å². The molecule has 5 heteroatoms. The molecule has 1 aromatic carbocycles. The first kappa shape index (κ1) is 13.4. The predicted octanol–water partition coefficient (Wildman–Crippen LogP) is 2.35. The second-order valence-corrected chi connectivity index (χ2v) is 5.35. The van der Waals surface area contributed by atoms with Crippen molar-refractivity contribution in [3.05, 3.63) is 28.2 Å². The minimum absolute atomic E-state index is 0.0945. The highest BCUT2D eigenvalue weighted by molar-refractivity contribution is 9.10. The van der Waals surface area contributed by atoms with Crippen molar-refractivity contribution in [3.8, 4) is 0 Å². The molecular weight excluding hydrogens is 294 g/mol. The first-order valence-corrected chi connectivity index (χ1v) is 6.82. The highest BCUT2D eigenvalue weighted by Crippen LogP contribution is 2.36. The van der Waals surface area contributed by atoms with Gasteiger partial charge in [-0.15, -0.1) is 0 Å². The lowest BCUT2D eigenvalue weighted by Crippen LogP contribution is -2.29. The number of hydrogen-bond donors (Lipinski definition) is 2. The third kappa shape index (κ3) is 3.03. The summed E-state index contributed by atoms with van der Waals surface area (Å²) in [5, 5.41) is 7.44. The third-order valence-electron chi connectivity index (χ3n) is 3.09. The van der Waals surface area contributed by atoms with Crippen molar-refractivity contribution in [2.75, 3.05) is 25.2 Å². The summed E-state index contributed by atoms with van der Waals surface area (Å²) in [6, 6.07) is 6.44. The number of nitrogen functional groups attached to an aromatic ring is 1. The molecule has 0 radical (unpaired) electrons. The molecule has 0 unspecified atom stereocenters. The van der Waals surface area contributed by atoms with Gasteiger partial charge >= 0.3 is 0 Å². The van der Waals surface area contributed by atoms with Gasteiger partial charge in [-0.2, -0.15) is 0 Å². The molecule has 3 N–H and O–H groups in total. The molecule has 98 valence electrons. The summed E-state index contributed by atoms with van der Waals surface area (Å²) in [7, 11) is 1.72. The van der Waals surface area contributed by atoms with Crippen molar-refractivity contribution in [2.24, 2.45) is 5.73 Å². The summed E-state index contributed by atoms with van der Waals surface area (Å²) < 4.78 is 6.15. The maximum absolute atomic E-state index is 7.44. The van der Waals surface area contributed by atoms with Gasteiger partial charge in [-0.1, -0.05) is 0 Å². The standard InChI is InChI=1S/C13H18BrN3O/c1-18-7-6-17(10-3-4-10)12-5-2-9(13(15)16)8-11(12)14/h2,5,8,10H,3-4,6-7H2,1H3,(H3,15,16). The zero-order chi connectivity index (χ0) is 13.1. The SMILES string of the molecule is COCCN(c1ccc(C(=N)N)cc1Br)C1CC1. The molecule has 0 spiro atoms. The number of anilines is 1. The number of hydrogen-bond acceptors (Lipinski definition) is 3. The Bertz CT molecular complexity index is 446. The fourth-order valence-electron chi connectivity index (χ4n) is 1.98. The van der Waals surface area contributed by atoms with Crippen molar-refractivity contribution in [3.63, 3.8) is 0 Å². The Balaban J connectivity index is 2.21. The second-order valence-electron chi connectivity index (χ2n) is 4.50. The van der Waals surface area contributed by atoms with Crippen LogP contribution in [0.2, 0.25) is 0 Å². The average Bonchev–Trinajstić information content (AvgIpc) is 3.15. The van der Waals surface area contributed by atoms with E-state index in [0.29, 0.717) is 6.04 Å². The summed E-state index contributed by atoms with van der Waals surface area (Å²) in [6.07, 6.45) is 2.48. The number of nitrogens with zero attached hydrogens (tertiary/aromatic N) is 1. The average molecular weight is 312 g/mol. The predicted molar refractivity (Wildman–Crippen MR) is 77.4 cm³/mol. The summed E-state index contributed by atoms with van der Waals surface area (Å²) in [4.78, 5) is 2.36. The molecule has 0 atom stereocenters. The van der Waals surface area contributed by atoms with Gasteiger partial charge in [-0.3, -0.25) is 5.41 Å². The van der Waals surface area contributed by atoms with Gasteiger partial charge in [0.05, 0.1) is 12.3 Å². The van der Waals surface area contributed by atoms with Crippen LogP contribution < -0.4 is 10.6 Å². The van der Waals surface area contributed by atoms with Gasteiger partial charge in [0.1, 0.15) is 5.84 Å². The van der Waals surface area contributed by atoms with Gasteiger partial charge in [0.2, 0.25) is 0 Å². The van der Waals surface area contributed by atoms with Crippen LogP contribution in [0, 0.1) is 5.41 Å². The summed E-state index contributed by atoms with van der Waals surface area (Å²) in [5.41, 5.74) is 7.39. The molecule has 0 amide bonds. The Hall–Kier alpha value is -1.07. The maximum Gasteiger partial charge on any atom is 0.122 e. The molecule has 0 aromatic heterocycles. The number of rotatable bonds is 6. The Kier molecular flexibility index (Phi) is 4.24. The molecule has 2 rings (SSSR count). The van der Waals surface area contributed by atoms with Crippen LogP contribution in [0.1, 0.15) is 18.4 Å². The lowest BCUT2D eigenvalue weighted by Gasteiger charge is -2.25. The molecular formula is C13H18BrN3O. The topological polar surface area (TPSA) is 62.3 Å². The van der Waals surface area contributed by atoms with E-state index in [9.17, 15) is 0 Å². The number of halogens is 1. The Morgan fingerprint density at radius 2 is 2.28 bits per heavy atom. The normalized spacial score (nSPS) is 14.6. The van der Waals surface area contributed by atoms with Gasteiger partial charge in [0, 0.05) is 29.7 Å². The lowest BCUT2D eigenvalue weighted by molar-refractivity contribution is 0.205. The van der Waals surface area contributed by atoms with E-state index in [2.05, 4.69) is 20.8 Å². The lowest BCUT2D eigenvalue weighted by atomic mass is 10.2. The van der Waals surface area contributed by atoms with Crippen LogP contribution >= 0.6 is 15.9 Å². The number of amidine groups is 1. The highest BCUT2D eigenvalue weighted by Gasteiger charge is 2.30. The third-order valence-corrected chi connectivity index (χ3v) is 3.73. The van der Waals surface area contributed by atoms with Crippen molar-refractivity contribution < 1.29 is 4.74 Å². The van der Waals surface area contributed by atoms with E-state index >= 15 is 0 Å². The number of methoxy groups -OCH3 is 1. The van der Waals surface area contributed by atoms with Gasteiger partial charge in [0.15, 0.2) is 0 Å². The van der Waals surface area contributed by atoms with Crippen LogP contribution in [0.5, 0.6) is 0 Å². The van der Waals surface area contributed by atoms with Gasteiger partial charge in [-0.05, 0) is 47.0 Å². The zero-order valence-corrected chi connectivity index (χ0v) is 12.0. The van der Waals surface area contributed by atoms with E-state index in [1.807, 2.05) is 18.2 Å². The molecule has 18 heavy (non-hydrogen) atoms. The van der Waals surface area contributed by atoms with E-state index < -0.39 is 0 Å².